The number of aromatic hydroxyl groups is 2. The molecule has 0 saturated carbocycles. The SMILES string of the molecule is COc1ccc(-c2c(O)oc3ccccc3c2=O)c(O)c1. The van der Waals surface area contributed by atoms with E-state index in [2.05, 4.69) is 0 Å². The summed E-state index contributed by atoms with van der Waals surface area (Å²) in [6.45, 7) is 0. The van der Waals surface area contributed by atoms with Crippen LogP contribution in [0, 0.1) is 0 Å². The fraction of sp³-hybridized carbons (Fsp3) is 0.0625. The largest absolute Gasteiger partial charge is 0.507 e. The van der Waals surface area contributed by atoms with Gasteiger partial charge in [-0.3, -0.25) is 4.79 Å². The Bertz CT molecular complexity index is 879. The Morgan fingerprint density at radius 3 is 2.57 bits per heavy atom. The maximum absolute atomic E-state index is 12.5. The fourth-order valence-corrected chi connectivity index (χ4v) is 2.22. The zero-order chi connectivity index (χ0) is 15.0. The van der Waals surface area contributed by atoms with Crippen molar-refractivity contribution in [2.75, 3.05) is 7.11 Å². The van der Waals surface area contributed by atoms with Crippen molar-refractivity contribution in [2.45, 2.75) is 0 Å². The van der Waals surface area contributed by atoms with Crippen LogP contribution in [0.1, 0.15) is 0 Å². The molecule has 3 rings (SSSR count). The van der Waals surface area contributed by atoms with Gasteiger partial charge in [0.15, 0.2) is 0 Å². The van der Waals surface area contributed by atoms with Crippen LogP contribution < -0.4 is 10.2 Å². The molecule has 1 heterocycles. The summed E-state index contributed by atoms with van der Waals surface area (Å²) in [6.07, 6.45) is 0. The lowest BCUT2D eigenvalue weighted by atomic mass is 10.0. The smallest absolute Gasteiger partial charge is 0.294 e. The van der Waals surface area contributed by atoms with Crippen LogP contribution in [-0.4, -0.2) is 17.3 Å². The van der Waals surface area contributed by atoms with Crippen LogP contribution in [0.4, 0.5) is 0 Å². The molecule has 0 atom stereocenters. The number of para-hydroxylation sites is 1. The highest BCUT2D eigenvalue weighted by atomic mass is 16.5. The molecular formula is C16H12O5. The predicted octanol–water partition coefficient (Wildman–Crippen LogP) is 2.88. The Morgan fingerprint density at radius 2 is 1.86 bits per heavy atom. The molecule has 106 valence electrons. The van der Waals surface area contributed by atoms with E-state index in [0.29, 0.717) is 11.1 Å². The summed E-state index contributed by atoms with van der Waals surface area (Å²) in [5, 5.41) is 20.3. The summed E-state index contributed by atoms with van der Waals surface area (Å²) in [4.78, 5) is 12.5. The molecule has 1 aromatic heterocycles. The number of methoxy groups -OCH3 is 1. The van der Waals surface area contributed by atoms with E-state index in [4.69, 9.17) is 9.15 Å². The standard InChI is InChI=1S/C16H12O5/c1-20-9-6-7-10(12(17)8-9)14-15(18)11-4-2-3-5-13(11)21-16(14)19/h2-8,17,19H,1H3. The number of ether oxygens (including phenoxy) is 1. The summed E-state index contributed by atoms with van der Waals surface area (Å²) < 4.78 is 10.2. The van der Waals surface area contributed by atoms with Crippen molar-refractivity contribution < 1.29 is 19.4 Å². The van der Waals surface area contributed by atoms with Crippen molar-refractivity contribution in [1.82, 2.24) is 0 Å². The van der Waals surface area contributed by atoms with Gasteiger partial charge in [0, 0.05) is 11.6 Å². The molecule has 3 aromatic rings. The molecule has 0 amide bonds. The minimum absolute atomic E-state index is 0.0751. The number of rotatable bonds is 2. The second-order valence-electron chi connectivity index (χ2n) is 4.49. The quantitative estimate of drug-likeness (QED) is 0.756. The highest BCUT2D eigenvalue weighted by molar-refractivity contribution is 5.85. The van der Waals surface area contributed by atoms with E-state index in [0.717, 1.165) is 0 Å². The average Bonchev–Trinajstić information content (AvgIpc) is 2.48. The lowest BCUT2D eigenvalue weighted by molar-refractivity contribution is 0.341. The Morgan fingerprint density at radius 1 is 1.10 bits per heavy atom. The van der Waals surface area contributed by atoms with Crippen LogP contribution in [-0.2, 0) is 0 Å². The maximum Gasteiger partial charge on any atom is 0.294 e. The van der Waals surface area contributed by atoms with Crippen LogP contribution in [0.3, 0.4) is 0 Å². The van der Waals surface area contributed by atoms with E-state index in [-0.39, 0.29) is 22.5 Å². The summed E-state index contributed by atoms with van der Waals surface area (Å²) in [5.41, 5.74) is -0.00627. The molecule has 0 radical (unpaired) electrons. The second kappa shape index (κ2) is 4.86. The fourth-order valence-electron chi connectivity index (χ4n) is 2.22. The summed E-state index contributed by atoms with van der Waals surface area (Å²) >= 11 is 0. The van der Waals surface area contributed by atoms with E-state index in [1.807, 2.05) is 0 Å². The monoisotopic (exact) mass is 284 g/mol. The Kier molecular flexibility index (Phi) is 3.02. The first kappa shape index (κ1) is 13.1. The van der Waals surface area contributed by atoms with Crippen LogP contribution in [0.15, 0.2) is 51.7 Å². The number of phenolic OH excluding ortho intramolecular Hbond substituents is 1. The minimum Gasteiger partial charge on any atom is -0.507 e. The van der Waals surface area contributed by atoms with Gasteiger partial charge in [-0.15, -0.1) is 0 Å². The van der Waals surface area contributed by atoms with Gasteiger partial charge >= 0.3 is 0 Å². The van der Waals surface area contributed by atoms with Crippen molar-refractivity contribution >= 4 is 11.0 Å². The van der Waals surface area contributed by atoms with Crippen molar-refractivity contribution in [3.8, 4) is 28.6 Å². The van der Waals surface area contributed by atoms with E-state index >= 15 is 0 Å². The van der Waals surface area contributed by atoms with Gasteiger partial charge in [0.1, 0.15) is 22.6 Å². The maximum atomic E-state index is 12.5. The molecule has 0 unspecified atom stereocenters. The topological polar surface area (TPSA) is 79.9 Å². The molecule has 0 aliphatic heterocycles. The van der Waals surface area contributed by atoms with Gasteiger partial charge in [0.25, 0.3) is 5.95 Å². The lowest BCUT2D eigenvalue weighted by Gasteiger charge is -2.08. The van der Waals surface area contributed by atoms with Crippen LogP contribution in [0.2, 0.25) is 0 Å². The zero-order valence-electron chi connectivity index (χ0n) is 11.2. The third kappa shape index (κ3) is 2.08. The summed E-state index contributed by atoms with van der Waals surface area (Å²) in [5.74, 6) is -0.257. The van der Waals surface area contributed by atoms with E-state index in [1.54, 1.807) is 30.3 Å². The van der Waals surface area contributed by atoms with Crippen LogP contribution in [0.25, 0.3) is 22.1 Å². The molecule has 21 heavy (non-hydrogen) atoms. The molecule has 0 fully saturated rings. The van der Waals surface area contributed by atoms with E-state index in [1.165, 1.54) is 19.2 Å². The van der Waals surface area contributed by atoms with E-state index < -0.39 is 11.4 Å². The molecule has 5 heteroatoms. The zero-order valence-corrected chi connectivity index (χ0v) is 11.2. The molecule has 2 aromatic carbocycles. The average molecular weight is 284 g/mol. The summed E-state index contributed by atoms with van der Waals surface area (Å²) in [7, 11) is 1.47. The molecule has 0 spiro atoms. The highest BCUT2D eigenvalue weighted by Crippen LogP contribution is 2.36. The third-order valence-corrected chi connectivity index (χ3v) is 3.25. The molecule has 5 nitrogen and oxygen atoms in total. The van der Waals surface area contributed by atoms with Crippen molar-refractivity contribution in [1.29, 1.82) is 0 Å². The highest BCUT2D eigenvalue weighted by Gasteiger charge is 2.18. The predicted molar refractivity (Wildman–Crippen MR) is 77.8 cm³/mol. The molecule has 0 aliphatic carbocycles. The Labute approximate surface area is 119 Å². The van der Waals surface area contributed by atoms with Crippen molar-refractivity contribution in [3.05, 3.63) is 52.7 Å². The van der Waals surface area contributed by atoms with Crippen LogP contribution in [0.5, 0.6) is 17.4 Å². The van der Waals surface area contributed by atoms with Crippen LogP contribution >= 0.6 is 0 Å². The minimum atomic E-state index is -0.529. The first-order valence-corrected chi connectivity index (χ1v) is 6.24. The number of phenols is 1. The van der Waals surface area contributed by atoms with Gasteiger partial charge in [0.05, 0.1) is 12.5 Å². The number of fused-ring (bicyclic) bond motifs is 1. The summed E-state index contributed by atoms with van der Waals surface area (Å²) in [6, 6.07) is 11.0. The molecular weight excluding hydrogens is 272 g/mol. The van der Waals surface area contributed by atoms with Gasteiger partial charge in [-0.1, -0.05) is 12.1 Å². The lowest BCUT2D eigenvalue weighted by Crippen LogP contribution is -2.05. The van der Waals surface area contributed by atoms with Gasteiger partial charge in [-0.25, -0.2) is 0 Å². The first-order chi connectivity index (χ1) is 10.1. The Balaban J connectivity index is 2.33. The molecule has 0 bridgehead atoms. The molecule has 0 saturated heterocycles. The van der Waals surface area contributed by atoms with Gasteiger partial charge in [0.2, 0.25) is 5.43 Å². The Hall–Kier alpha value is -2.95. The van der Waals surface area contributed by atoms with E-state index in [9.17, 15) is 15.0 Å². The van der Waals surface area contributed by atoms with Crippen molar-refractivity contribution in [3.63, 3.8) is 0 Å². The van der Waals surface area contributed by atoms with Crippen molar-refractivity contribution in [2.24, 2.45) is 0 Å². The van der Waals surface area contributed by atoms with Gasteiger partial charge in [-0.05, 0) is 24.3 Å². The normalized spacial score (nSPS) is 10.7. The molecule has 2 N–H and O–H groups in total. The van der Waals surface area contributed by atoms with Gasteiger partial charge in [-0.2, -0.15) is 0 Å². The first-order valence-electron chi connectivity index (χ1n) is 6.24. The molecule has 0 aliphatic rings. The second-order valence-corrected chi connectivity index (χ2v) is 4.49. The van der Waals surface area contributed by atoms with Gasteiger partial charge < -0.3 is 19.4 Å². The number of hydrogen-bond acceptors (Lipinski definition) is 5. The number of benzene rings is 2. The number of hydrogen-bond donors (Lipinski definition) is 2. The third-order valence-electron chi connectivity index (χ3n) is 3.25.